The van der Waals surface area contributed by atoms with Gasteiger partial charge in [0, 0.05) is 43.8 Å². The molecular weight excluding hydrogens is 419 g/mol. The first-order valence-corrected chi connectivity index (χ1v) is 11.3. The van der Waals surface area contributed by atoms with Crippen LogP contribution in [0.1, 0.15) is 44.4 Å². The van der Waals surface area contributed by atoms with Crippen molar-refractivity contribution in [1.29, 1.82) is 0 Å². The average Bonchev–Trinajstić information content (AvgIpc) is 3.15. The third-order valence-electron chi connectivity index (χ3n) is 7.38. The lowest BCUT2D eigenvalue weighted by Crippen LogP contribution is -2.65. The van der Waals surface area contributed by atoms with Crippen LogP contribution in [-0.4, -0.2) is 52.2 Å². The van der Waals surface area contributed by atoms with Crippen molar-refractivity contribution in [2.24, 2.45) is 11.8 Å². The van der Waals surface area contributed by atoms with E-state index in [9.17, 15) is 18.0 Å². The van der Waals surface area contributed by atoms with E-state index in [4.69, 9.17) is 4.74 Å². The molecule has 172 valence electrons. The van der Waals surface area contributed by atoms with Gasteiger partial charge in [-0.2, -0.15) is 13.2 Å². The molecule has 3 aliphatic heterocycles. The molecule has 0 saturated carbocycles. The highest BCUT2D eigenvalue weighted by Crippen LogP contribution is 2.47. The number of amides is 1. The second kappa shape index (κ2) is 7.70. The number of likely N-dealkylation sites (tertiary alicyclic amines) is 1. The molecule has 2 aromatic rings. The number of carbonyl (C=O) groups excluding carboxylic acids is 1. The number of hydrogen-bond acceptors (Lipinski definition) is 4. The fourth-order valence-corrected chi connectivity index (χ4v) is 5.76. The number of hydrogen-bond donors (Lipinski definition) is 0. The van der Waals surface area contributed by atoms with Crippen molar-refractivity contribution in [2.75, 3.05) is 19.7 Å². The van der Waals surface area contributed by atoms with Crippen LogP contribution in [0.5, 0.6) is 0 Å². The van der Waals surface area contributed by atoms with Crippen LogP contribution in [0.3, 0.4) is 0 Å². The van der Waals surface area contributed by atoms with E-state index in [2.05, 4.69) is 23.7 Å². The van der Waals surface area contributed by atoms with Crippen LogP contribution in [0.2, 0.25) is 0 Å². The third kappa shape index (κ3) is 3.48. The number of benzene rings is 1. The molecule has 5 rings (SSSR count). The van der Waals surface area contributed by atoms with E-state index < -0.39 is 17.6 Å². The highest BCUT2D eigenvalue weighted by Gasteiger charge is 2.59. The maximum absolute atomic E-state index is 13.5. The molecular formula is C24H28F3N3O2. The smallest absolute Gasteiger partial charge is 0.353 e. The molecule has 3 saturated heterocycles. The number of rotatable bonds is 3. The zero-order valence-corrected chi connectivity index (χ0v) is 18.4. The molecule has 1 spiro atoms. The lowest BCUT2D eigenvalue weighted by Gasteiger charge is -2.53. The van der Waals surface area contributed by atoms with Crippen LogP contribution in [0, 0.1) is 11.8 Å². The van der Waals surface area contributed by atoms with E-state index in [1.54, 1.807) is 12.1 Å². The topological polar surface area (TPSA) is 45.7 Å². The fraction of sp³-hybridized carbons (Fsp3) is 0.583. The number of halogens is 3. The van der Waals surface area contributed by atoms with Crippen molar-refractivity contribution in [3.05, 3.63) is 41.6 Å². The van der Waals surface area contributed by atoms with Crippen LogP contribution in [-0.2, 0) is 22.3 Å². The summed E-state index contributed by atoms with van der Waals surface area (Å²) in [5, 5.41) is 0.748. The highest BCUT2D eigenvalue weighted by atomic mass is 19.4. The van der Waals surface area contributed by atoms with E-state index in [1.807, 2.05) is 17.0 Å². The Labute approximate surface area is 185 Å². The first-order valence-electron chi connectivity index (χ1n) is 11.3. The van der Waals surface area contributed by atoms with Gasteiger partial charge >= 0.3 is 6.18 Å². The van der Waals surface area contributed by atoms with Gasteiger partial charge < -0.3 is 9.64 Å². The molecule has 0 N–H and O–H groups in total. The molecule has 0 radical (unpaired) electrons. The van der Waals surface area contributed by atoms with E-state index in [-0.39, 0.29) is 17.9 Å². The average molecular weight is 448 g/mol. The predicted octanol–water partition coefficient (Wildman–Crippen LogP) is 4.45. The van der Waals surface area contributed by atoms with Crippen molar-refractivity contribution in [3.8, 4) is 0 Å². The number of nitrogens with zero attached hydrogens (tertiary/aromatic N) is 3. The summed E-state index contributed by atoms with van der Waals surface area (Å²) in [6.07, 6.45) is -2.55. The SMILES string of the molecule is CC(C)[C@H]1COC23CCN(Cc4cc(C(F)(F)F)nc5ccccc45)C[C@H]2CCC(=O)N13. The summed E-state index contributed by atoms with van der Waals surface area (Å²) in [6, 6.07) is 8.27. The number of fused-ring (bicyclic) bond motifs is 1. The van der Waals surface area contributed by atoms with Crippen LogP contribution in [0.4, 0.5) is 13.2 Å². The molecule has 0 bridgehead atoms. The molecule has 5 nitrogen and oxygen atoms in total. The van der Waals surface area contributed by atoms with Crippen LogP contribution in [0.25, 0.3) is 10.9 Å². The van der Waals surface area contributed by atoms with Crippen LogP contribution >= 0.6 is 0 Å². The highest BCUT2D eigenvalue weighted by molar-refractivity contribution is 5.82. The Balaban J connectivity index is 1.42. The molecule has 3 aliphatic rings. The fourth-order valence-electron chi connectivity index (χ4n) is 5.76. The number of aromatic nitrogens is 1. The van der Waals surface area contributed by atoms with Crippen molar-refractivity contribution < 1.29 is 22.7 Å². The normalized spacial score (nSPS) is 28.9. The van der Waals surface area contributed by atoms with Gasteiger partial charge in [0.05, 0.1) is 18.2 Å². The Morgan fingerprint density at radius 1 is 1.28 bits per heavy atom. The summed E-state index contributed by atoms with van der Waals surface area (Å²) in [7, 11) is 0. The molecule has 4 heterocycles. The van der Waals surface area contributed by atoms with Crippen molar-refractivity contribution in [2.45, 2.75) is 57.6 Å². The van der Waals surface area contributed by atoms with Gasteiger partial charge in [-0.3, -0.25) is 9.69 Å². The molecule has 1 amide bonds. The minimum Gasteiger partial charge on any atom is -0.353 e. The standard InChI is InChI=1S/C24H28F3N3O2/c1-15(2)20-14-32-23-9-10-29(13-17(23)7-8-22(31)30(20)23)12-16-11-21(24(25,26)27)28-19-6-4-3-5-18(16)19/h3-6,11,15,17,20H,7-10,12-14H2,1-2H3/t17-,20-,23?/m1/s1. The zero-order valence-electron chi connectivity index (χ0n) is 18.4. The number of ether oxygens (including phenoxy) is 1. The number of pyridine rings is 1. The molecule has 3 fully saturated rings. The Morgan fingerprint density at radius 3 is 2.81 bits per heavy atom. The van der Waals surface area contributed by atoms with E-state index in [1.165, 1.54) is 6.07 Å². The van der Waals surface area contributed by atoms with Crippen molar-refractivity contribution in [3.63, 3.8) is 0 Å². The van der Waals surface area contributed by atoms with E-state index >= 15 is 0 Å². The molecule has 32 heavy (non-hydrogen) atoms. The molecule has 0 aliphatic carbocycles. The van der Waals surface area contributed by atoms with Crippen LogP contribution in [0.15, 0.2) is 30.3 Å². The summed E-state index contributed by atoms with van der Waals surface area (Å²) < 4.78 is 46.7. The Kier molecular flexibility index (Phi) is 5.21. The lowest BCUT2D eigenvalue weighted by molar-refractivity contribution is -0.193. The summed E-state index contributed by atoms with van der Waals surface area (Å²) in [5.74, 6) is 0.646. The minimum atomic E-state index is -4.49. The number of alkyl halides is 3. The molecule has 8 heteroatoms. The molecule has 1 unspecified atom stereocenters. The van der Waals surface area contributed by atoms with E-state index in [0.29, 0.717) is 56.1 Å². The number of para-hydroxylation sites is 1. The second-order valence-electron chi connectivity index (χ2n) is 9.63. The summed E-state index contributed by atoms with van der Waals surface area (Å²) >= 11 is 0. The molecule has 3 atom stereocenters. The lowest BCUT2D eigenvalue weighted by atomic mass is 9.79. The van der Waals surface area contributed by atoms with Gasteiger partial charge in [-0.15, -0.1) is 0 Å². The molecule has 1 aromatic heterocycles. The summed E-state index contributed by atoms with van der Waals surface area (Å²) in [6.45, 7) is 6.58. The van der Waals surface area contributed by atoms with Gasteiger partial charge in [-0.05, 0) is 30.0 Å². The summed E-state index contributed by atoms with van der Waals surface area (Å²) in [4.78, 5) is 20.9. The maximum Gasteiger partial charge on any atom is 0.433 e. The van der Waals surface area contributed by atoms with E-state index in [0.717, 1.165) is 11.8 Å². The Hall–Kier alpha value is -2.19. The van der Waals surface area contributed by atoms with Gasteiger partial charge in [-0.25, -0.2) is 4.98 Å². The molecule has 1 aromatic carbocycles. The quantitative estimate of drug-likeness (QED) is 0.698. The van der Waals surface area contributed by atoms with Gasteiger partial charge in [0.2, 0.25) is 5.91 Å². The first kappa shape index (κ1) is 21.6. The van der Waals surface area contributed by atoms with Gasteiger partial charge in [-0.1, -0.05) is 32.0 Å². The predicted molar refractivity (Wildman–Crippen MR) is 114 cm³/mol. The first-order chi connectivity index (χ1) is 15.2. The van der Waals surface area contributed by atoms with Crippen LogP contribution < -0.4 is 0 Å². The van der Waals surface area contributed by atoms with Crippen molar-refractivity contribution >= 4 is 16.8 Å². The minimum absolute atomic E-state index is 0.0929. The summed E-state index contributed by atoms with van der Waals surface area (Å²) in [5.41, 5.74) is -0.416. The third-order valence-corrected chi connectivity index (χ3v) is 7.38. The Bertz CT molecular complexity index is 1040. The maximum atomic E-state index is 13.5. The van der Waals surface area contributed by atoms with Gasteiger partial charge in [0.1, 0.15) is 11.4 Å². The monoisotopic (exact) mass is 447 g/mol. The van der Waals surface area contributed by atoms with Crippen molar-refractivity contribution in [1.82, 2.24) is 14.8 Å². The Morgan fingerprint density at radius 2 is 2.06 bits per heavy atom. The zero-order chi connectivity index (χ0) is 22.7. The van der Waals surface area contributed by atoms with Gasteiger partial charge in [0.15, 0.2) is 0 Å². The number of piperidine rings is 2. The largest absolute Gasteiger partial charge is 0.433 e. The second-order valence-corrected chi connectivity index (χ2v) is 9.63. The number of carbonyl (C=O) groups is 1. The van der Waals surface area contributed by atoms with Gasteiger partial charge in [0.25, 0.3) is 0 Å².